The topological polar surface area (TPSA) is 29.5 Å². The summed E-state index contributed by atoms with van der Waals surface area (Å²) in [6.07, 6.45) is 0. The standard InChI is InChI=1S/C26H20O2/c1-16-19-13-11-17-7-3-5-9-20(17)25(19)22(15-23(16)27)26-21-10-6-4-8-18(21)12-14-24(26)28-2/h3-15,27H,1-2H3. The Morgan fingerprint density at radius 1 is 0.714 bits per heavy atom. The second-order valence-electron chi connectivity index (χ2n) is 7.14. The van der Waals surface area contributed by atoms with Crippen LogP contribution in [-0.2, 0) is 0 Å². The van der Waals surface area contributed by atoms with E-state index in [1.54, 1.807) is 7.11 Å². The van der Waals surface area contributed by atoms with Crippen LogP contribution in [0, 0.1) is 6.92 Å². The molecule has 0 spiro atoms. The molecular weight excluding hydrogens is 344 g/mol. The third-order valence-corrected chi connectivity index (χ3v) is 5.65. The monoisotopic (exact) mass is 364 g/mol. The van der Waals surface area contributed by atoms with Gasteiger partial charge in [0.15, 0.2) is 0 Å². The van der Waals surface area contributed by atoms with Crippen LogP contribution in [0.15, 0.2) is 78.9 Å². The van der Waals surface area contributed by atoms with Gasteiger partial charge in [-0.1, -0.05) is 66.7 Å². The van der Waals surface area contributed by atoms with Crippen molar-refractivity contribution in [2.24, 2.45) is 0 Å². The highest BCUT2D eigenvalue weighted by molar-refractivity contribution is 6.18. The number of aromatic hydroxyl groups is 1. The molecule has 0 unspecified atom stereocenters. The van der Waals surface area contributed by atoms with Crippen LogP contribution in [0.2, 0.25) is 0 Å². The maximum Gasteiger partial charge on any atom is 0.127 e. The Morgan fingerprint density at radius 3 is 2.11 bits per heavy atom. The van der Waals surface area contributed by atoms with E-state index in [4.69, 9.17) is 4.74 Å². The molecule has 2 heteroatoms. The molecule has 0 atom stereocenters. The maximum absolute atomic E-state index is 10.7. The van der Waals surface area contributed by atoms with Crippen LogP contribution in [0.4, 0.5) is 0 Å². The number of phenols is 1. The average Bonchev–Trinajstić information content (AvgIpc) is 2.75. The Morgan fingerprint density at radius 2 is 1.36 bits per heavy atom. The van der Waals surface area contributed by atoms with Gasteiger partial charge in [0.1, 0.15) is 11.5 Å². The van der Waals surface area contributed by atoms with Gasteiger partial charge in [-0.25, -0.2) is 0 Å². The van der Waals surface area contributed by atoms with Gasteiger partial charge in [-0.05, 0) is 62.5 Å². The van der Waals surface area contributed by atoms with Gasteiger partial charge >= 0.3 is 0 Å². The number of phenolic OH excluding ortho intramolecular Hbond substituents is 1. The zero-order chi connectivity index (χ0) is 19.3. The van der Waals surface area contributed by atoms with E-state index < -0.39 is 0 Å². The summed E-state index contributed by atoms with van der Waals surface area (Å²) in [5.41, 5.74) is 2.89. The fourth-order valence-electron chi connectivity index (χ4n) is 4.23. The van der Waals surface area contributed by atoms with Crippen LogP contribution in [0.25, 0.3) is 43.4 Å². The molecule has 0 aliphatic carbocycles. The van der Waals surface area contributed by atoms with Crippen molar-refractivity contribution in [1.29, 1.82) is 0 Å². The molecule has 0 amide bonds. The molecule has 136 valence electrons. The van der Waals surface area contributed by atoms with Crippen LogP contribution >= 0.6 is 0 Å². The predicted octanol–water partition coefficient (Wildman–Crippen LogP) is 6.84. The first kappa shape index (κ1) is 16.6. The molecule has 0 fully saturated rings. The number of benzene rings is 5. The highest BCUT2D eigenvalue weighted by Crippen LogP contribution is 2.45. The van der Waals surface area contributed by atoms with Crippen molar-refractivity contribution in [3.8, 4) is 22.6 Å². The van der Waals surface area contributed by atoms with Crippen molar-refractivity contribution < 1.29 is 9.84 Å². The fourth-order valence-corrected chi connectivity index (χ4v) is 4.23. The molecule has 1 N–H and O–H groups in total. The molecule has 28 heavy (non-hydrogen) atoms. The summed E-state index contributed by atoms with van der Waals surface area (Å²) in [5, 5.41) is 17.5. The Hall–Kier alpha value is -3.52. The SMILES string of the molecule is COc1ccc2ccccc2c1-c1cc(O)c(C)c2ccc3ccccc3c12. The van der Waals surface area contributed by atoms with E-state index in [1.807, 2.05) is 31.2 Å². The van der Waals surface area contributed by atoms with Gasteiger partial charge in [0.25, 0.3) is 0 Å². The molecule has 5 aromatic rings. The minimum atomic E-state index is 0.299. The number of methoxy groups -OCH3 is 1. The van der Waals surface area contributed by atoms with Gasteiger partial charge < -0.3 is 9.84 Å². The summed E-state index contributed by atoms with van der Waals surface area (Å²) in [4.78, 5) is 0. The number of aryl methyl sites for hydroxylation is 1. The number of hydrogen-bond acceptors (Lipinski definition) is 2. The van der Waals surface area contributed by atoms with Crippen molar-refractivity contribution in [2.75, 3.05) is 7.11 Å². The van der Waals surface area contributed by atoms with E-state index in [0.717, 1.165) is 44.0 Å². The minimum absolute atomic E-state index is 0.299. The summed E-state index contributed by atoms with van der Waals surface area (Å²) < 4.78 is 5.76. The van der Waals surface area contributed by atoms with Crippen LogP contribution in [0.3, 0.4) is 0 Å². The molecular formula is C26H20O2. The molecule has 0 bridgehead atoms. The quantitative estimate of drug-likeness (QED) is 0.348. The highest BCUT2D eigenvalue weighted by atomic mass is 16.5. The first-order valence-electron chi connectivity index (χ1n) is 9.39. The average molecular weight is 364 g/mol. The molecule has 5 rings (SSSR count). The lowest BCUT2D eigenvalue weighted by Gasteiger charge is -2.18. The molecule has 2 nitrogen and oxygen atoms in total. The predicted molar refractivity (Wildman–Crippen MR) is 117 cm³/mol. The summed E-state index contributed by atoms with van der Waals surface area (Å²) in [7, 11) is 1.70. The van der Waals surface area contributed by atoms with Gasteiger partial charge in [-0.3, -0.25) is 0 Å². The lowest BCUT2D eigenvalue weighted by atomic mass is 9.88. The molecule has 0 aromatic heterocycles. The van der Waals surface area contributed by atoms with E-state index in [-0.39, 0.29) is 0 Å². The van der Waals surface area contributed by atoms with E-state index in [2.05, 4.69) is 54.6 Å². The number of hydrogen-bond donors (Lipinski definition) is 1. The second-order valence-corrected chi connectivity index (χ2v) is 7.14. The molecule has 0 heterocycles. The lowest BCUT2D eigenvalue weighted by molar-refractivity contribution is 0.417. The van der Waals surface area contributed by atoms with Gasteiger partial charge in [-0.15, -0.1) is 0 Å². The molecule has 5 aromatic carbocycles. The Balaban J connectivity index is 2.05. The van der Waals surface area contributed by atoms with E-state index in [9.17, 15) is 5.11 Å². The van der Waals surface area contributed by atoms with Crippen molar-refractivity contribution in [3.63, 3.8) is 0 Å². The normalized spacial score (nSPS) is 11.4. The zero-order valence-corrected chi connectivity index (χ0v) is 15.9. The van der Waals surface area contributed by atoms with E-state index in [1.165, 1.54) is 10.8 Å². The molecule has 0 radical (unpaired) electrons. The summed E-state index contributed by atoms with van der Waals surface area (Å²) in [6, 6.07) is 26.9. The van der Waals surface area contributed by atoms with Crippen LogP contribution in [-0.4, -0.2) is 12.2 Å². The second kappa shape index (κ2) is 6.28. The van der Waals surface area contributed by atoms with E-state index >= 15 is 0 Å². The Kier molecular flexibility index (Phi) is 3.73. The number of fused-ring (bicyclic) bond motifs is 4. The Labute approximate surface area is 163 Å². The summed E-state index contributed by atoms with van der Waals surface area (Å²) in [5.74, 6) is 1.10. The van der Waals surface area contributed by atoms with Crippen LogP contribution in [0.5, 0.6) is 11.5 Å². The molecule has 0 aliphatic heterocycles. The van der Waals surface area contributed by atoms with Gasteiger partial charge in [0.05, 0.1) is 7.11 Å². The first-order chi connectivity index (χ1) is 13.7. The largest absolute Gasteiger partial charge is 0.508 e. The number of rotatable bonds is 2. The van der Waals surface area contributed by atoms with Gasteiger partial charge in [0, 0.05) is 5.56 Å². The first-order valence-corrected chi connectivity index (χ1v) is 9.39. The maximum atomic E-state index is 10.7. The van der Waals surface area contributed by atoms with E-state index in [0.29, 0.717) is 5.75 Å². The summed E-state index contributed by atoms with van der Waals surface area (Å²) in [6.45, 7) is 1.97. The third kappa shape index (κ3) is 2.35. The van der Waals surface area contributed by atoms with Gasteiger partial charge in [-0.2, -0.15) is 0 Å². The highest BCUT2D eigenvalue weighted by Gasteiger charge is 2.18. The third-order valence-electron chi connectivity index (χ3n) is 5.65. The summed E-state index contributed by atoms with van der Waals surface area (Å²) >= 11 is 0. The molecule has 0 saturated heterocycles. The number of ether oxygens (including phenoxy) is 1. The minimum Gasteiger partial charge on any atom is -0.508 e. The van der Waals surface area contributed by atoms with Crippen molar-refractivity contribution >= 4 is 32.3 Å². The van der Waals surface area contributed by atoms with Crippen molar-refractivity contribution in [3.05, 3.63) is 84.4 Å². The lowest BCUT2D eigenvalue weighted by Crippen LogP contribution is -1.93. The molecule has 0 aliphatic rings. The molecule has 0 saturated carbocycles. The van der Waals surface area contributed by atoms with Crippen LogP contribution < -0.4 is 4.74 Å². The smallest absolute Gasteiger partial charge is 0.127 e. The Bertz CT molecular complexity index is 1370. The zero-order valence-electron chi connectivity index (χ0n) is 15.9. The van der Waals surface area contributed by atoms with Gasteiger partial charge in [0.2, 0.25) is 0 Å². The van der Waals surface area contributed by atoms with Crippen LogP contribution in [0.1, 0.15) is 5.56 Å². The van der Waals surface area contributed by atoms with Crippen molar-refractivity contribution in [1.82, 2.24) is 0 Å². The fraction of sp³-hybridized carbons (Fsp3) is 0.0769. The van der Waals surface area contributed by atoms with Crippen molar-refractivity contribution in [2.45, 2.75) is 6.92 Å².